The summed E-state index contributed by atoms with van der Waals surface area (Å²) in [6, 6.07) is 20.9. The SMILES string of the molecule is Cc1ccc(S(=O)(=O)c2c(-c3cccc(C)c3)c3ccccc3oc2=O)cc1. The number of benzene rings is 3. The minimum absolute atomic E-state index is 0.0644. The van der Waals surface area contributed by atoms with Gasteiger partial charge in [-0.05, 0) is 37.6 Å². The fourth-order valence-electron chi connectivity index (χ4n) is 3.30. The molecule has 140 valence electrons. The van der Waals surface area contributed by atoms with E-state index < -0.39 is 15.5 Å². The Labute approximate surface area is 163 Å². The molecule has 3 aromatic carbocycles. The average molecular weight is 390 g/mol. The van der Waals surface area contributed by atoms with Crippen LogP contribution in [0.25, 0.3) is 22.1 Å². The molecule has 0 unspecified atom stereocenters. The largest absolute Gasteiger partial charge is 0.422 e. The van der Waals surface area contributed by atoms with Crippen molar-refractivity contribution < 1.29 is 12.8 Å². The summed E-state index contributed by atoms with van der Waals surface area (Å²) in [7, 11) is -4.08. The highest BCUT2D eigenvalue weighted by atomic mass is 32.2. The Morgan fingerprint density at radius 1 is 0.786 bits per heavy atom. The Kier molecular flexibility index (Phi) is 4.40. The van der Waals surface area contributed by atoms with Gasteiger partial charge in [-0.15, -0.1) is 0 Å². The van der Waals surface area contributed by atoms with Gasteiger partial charge in [0.05, 0.1) is 4.90 Å². The van der Waals surface area contributed by atoms with Gasteiger partial charge < -0.3 is 4.42 Å². The Balaban J connectivity index is 2.14. The third-order valence-electron chi connectivity index (χ3n) is 4.68. The summed E-state index contributed by atoms with van der Waals surface area (Å²) in [4.78, 5) is 12.6. The predicted molar refractivity (Wildman–Crippen MR) is 109 cm³/mol. The molecule has 0 aliphatic rings. The summed E-state index contributed by atoms with van der Waals surface area (Å²) < 4.78 is 32.2. The van der Waals surface area contributed by atoms with Crippen molar-refractivity contribution in [1.29, 1.82) is 0 Å². The van der Waals surface area contributed by atoms with Crippen LogP contribution in [0.2, 0.25) is 0 Å². The predicted octanol–water partition coefficient (Wildman–Crippen LogP) is 4.91. The summed E-state index contributed by atoms with van der Waals surface area (Å²) in [5, 5.41) is 0.582. The third kappa shape index (κ3) is 3.04. The molecular weight excluding hydrogens is 372 g/mol. The zero-order chi connectivity index (χ0) is 19.9. The number of sulfone groups is 1. The summed E-state index contributed by atoms with van der Waals surface area (Å²) in [5.41, 5.74) is 2.42. The first-order valence-electron chi connectivity index (χ1n) is 8.82. The molecule has 0 saturated carbocycles. The summed E-state index contributed by atoms with van der Waals surface area (Å²) in [6.45, 7) is 3.80. The Hall–Kier alpha value is -3.18. The van der Waals surface area contributed by atoms with Crippen LogP contribution in [-0.4, -0.2) is 8.42 Å². The summed E-state index contributed by atoms with van der Waals surface area (Å²) in [5.74, 6) is 0. The second-order valence-electron chi connectivity index (χ2n) is 6.78. The molecule has 0 amide bonds. The molecule has 5 heteroatoms. The van der Waals surface area contributed by atoms with Crippen LogP contribution in [-0.2, 0) is 9.84 Å². The molecule has 0 aliphatic heterocycles. The van der Waals surface area contributed by atoms with Gasteiger partial charge in [-0.25, -0.2) is 13.2 Å². The molecule has 0 fully saturated rings. The molecule has 0 saturated heterocycles. The number of para-hydroxylation sites is 1. The highest BCUT2D eigenvalue weighted by molar-refractivity contribution is 7.91. The van der Waals surface area contributed by atoms with Crippen molar-refractivity contribution in [2.75, 3.05) is 0 Å². The van der Waals surface area contributed by atoms with E-state index in [1.807, 2.05) is 38.1 Å². The summed E-state index contributed by atoms with van der Waals surface area (Å²) in [6.07, 6.45) is 0. The minimum atomic E-state index is -4.08. The third-order valence-corrected chi connectivity index (χ3v) is 6.48. The van der Waals surface area contributed by atoms with Crippen LogP contribution in [0, 0.1) is 13.8 Å². The van der Waals surface area contributed by atoms with E-state index in [1.54, 1.807) is 36.4 Å². The Morgan fingerprint density at radius 2 is 1.50 bits per heavy atom. The maximum absolute atomic E-state index is 13.4. The molecule has 1 heterocycles. The van der Waals surface area contributed by atoms with Crippen LogP contribution >= 0.6 is 0 Å². The number of hydrogen-bond acceptors (Lipinski definition) is 4. The maximum atomic E-state index is 13.4. The second kappa shape index (κ2) is 6.77. The van der Waals surface area contributed by atoms with Gasteiger partial charge in [0.1, 0.15) is 5.58 Å². The van der Waals surface area contributed by atoms with E-state index in [9.17, 15) is 13.2 Å². The van der Waals surface area contributed by atoms with Crippen molar-refractivity contribution in [1.82, 2.24) is 0 Å². The van der Waals surface area contributed by atoms with Crippen molar-refractivity contribution in [3.05, 3.63) is 94.3 Å². The van der Waals surface area contributed by atoms with E-state index in [0.717, 1.165) is 11.1 Å². The first-order valence-corrected chi connectivity index (χ1v) is 10.3. The lowest BCUT2D eigenvalue weighted by Gasteiger charge is -2.13. The lowest BCUT2D eigenvalue weighted by atomic mass is 10.0. The molecule has 4 nitrogen and oxygen atoms in total. The number of fused-ring (bicyclic) bond motifs is 1. The lowest BCUT2D eigenvalue weighted by molar-refractivity contribution is 0.533. The van der Waals surface area contributed by atoms with E-state index in [-0.39, 0.29) is 9.79 Å². The van der Waals surface area contributed by atoms with Crippen LogP contribution in [0.15, 0.2) is 91.8 Å². The lowest BCUT2D eigenvalue weighted by Crippen LogP contribution is -2.16. The standard InChI is InChI=1S/C23H18O4S/c1-15-10-12-18(13-11-15)28(25,26)22-21(17-7-5-6-16(2)14-17)19-8-3-4-9-20(19)27-23(22)24/h3-14H,1-2H3. The Morgan fingerprint density at radius 3 is 2.21 bits per heavy atom. The second-order valence-corrected chi connectivity index (χ2v) is 8.66. The van der Waals surface area contributed by atoms with Gasteiger partial charge in [0.25, 0.3) is 0 Å². The van der Waals surface area contributed by atoms with Crippen molar-refractivity contribution in [3.8, 4) is 11.1 Å². The zero-order valence-corrected chi connectivity index (χ0v) is 16.3. The topological polar surface area (TPSA) is 64.3 Å². The summed E-state index contributed by atoms with van der Waals surface area (Å²) >= 11 is 0. The maximum Gasteiger partial charge on any atom is 0.356 e. The number of hydrogen-bond donors (Lipinski definition) is 0. The van der Waals surface area contributed by atoms with E-state index >= 15 is 0 Å². The van der Waals surface area contributed by atoms with Gasteiger partial charge >= 0.3 is 5.63 Å². The fourth-order valence-corrected chi connectivity index (χ4v) is 4.79. The first-order chi connectivity index (χ1) is 13.4. The molecule has 0 N–H and O–H groups in total. The van der Waals surface area contributed by atoms with E-state index in [0.29, 0.717) is 22.1 Å². The van der Waals surface area contributed by atoms with Crippen LogP contribution in [0.5, 0.6) is 0 Å². The normalized spacial score (nSPS) is 11.6. The molecule has 0 radical (unpaired) electrons. The van der Waals surface area contributed by atoms with Gasteiger partial charge in [0.2, 0.25) is 9.84 Å². The van der Waals surface area contributed by atoms with Gasteiger partial charge in [-0.1, -0.05) is 65.7 Å². The molecule has 28 heavy (non-hydrogen) atoms. The van der Waals surface area contributed by atoms with Crippen molar-refractivity contribution in [3.63, 3.8) is 0 Å². The van der Waals surface area contributed by atoms with Crippen LogP contribution in [0.3, 0.4) is 0 Å². The zero-order valence-electron chi connectivity index (χ0n) is 15.5. The van der Waals surface area contributed by atoms with E-state index in [2.05, 4.69) is 0 Å². The number of rotatable bonds is 3. The first kappa shape index (κ1) is 18.2. The van der Waals surface area contributed by atoms with Crippen LogP contribution < -0.4 is 5.63 Å². The molecule has 4 aromatic rings. The van der Waals surface area contributed by atoms with Crippen molar-refractivity contribution >= 4 is 20.8 Å². The highest BCUT2D eigenvalue weighted by Crippen LogP contribution is 2.35. The molecule has 4 rings (SSSR count). The minimum Gasteiger partial charge on any atom is -0.422 e. The van der Waals surface area contributed by atoms with E-state index in [4.69, 9.17) is 4.42 Å². The fraction of sp³-hybridized carbons (Fsp3) is 0.0870. The highest BCUT2D eigenvalue weighted by Gasteiger charge is 2.29. The van der Waals surface area contributed by atoms with Crippen molar-refractivity contribution in [2.45, 2.75) is 23.6 Å². The molecular formula is C23H18O4S. The Bertz CT molecular complexity index is 1350. The van der Waals surface area contributed by atoms with Crippen molar-refractivity contribution in [2.24, 2.45) is 0 Å². The van der Waals surface area contributed by atoms with Crippen LogP contribution in [0.4, 0.5) is 0 Å². The van der Waals surface area contributed by atoms with Gasteiger partial charge in [0, 0.05) is 10.9 Å². The smallest absolute Gasteiger partial charge is 0.356 e. The van der Waals surface area contributed by atoms with Crippen LogP contribution in [0.1, 0.15) is 11.1 Å². The van der Waals surface area contributed by atoms with Gasteiger partial charge in [-0.2, -0.15) is 0 Å². The molecule has 0 atom stereocenters. The molecule has 1 aromatic heterocycles. The molecule has 0 aliphatic carbocycles. The molecule has 0 bridgehead atoms. The molecule has 0 spiro atoms. The quantitative estimate of drug-likeness (QED) is 0.466. The average Bonchev–Trinajstić information content (AvgIpc) is 2.67. The monoisotopic (exact) mass is 390 g/mol. The van der Waals surface area contributed by atoms with Gasteiger partial charge in [-0.3, -0.25) is 0 Å². The van der Waals surface area contributed by atoms with Gasteiger partial charge in [0.15, 0.2) is 4.90 Å². The van der Waals surface area contributed by atoms with E-state index in [1.165, 1.54) is 12.1 Å². The number of aryl methyl sites for hydroxylation is 2.